The summed E-state index contributed by atoms with van der Waals surface area (Å²) in [5.41, 5.74) is 3.40. The van der Waals surface area contributed by atoms with Crippen molar-refractivity contribution in [2.45, 2.75) is 0 Å². The third kappa shape index (κ3) is 3.15. The molecule has 1 heterocycles. The molecule has 0 atom stereocenters. The molecule has 0 N–H and O–H groups in total. The van der Waals surface area contributed by atoms with Crippen LogP contribution >= 0.6 is 31.9 Å². The number of benzene rings is 3. The predicted molar refractivity (Wildman–Crippen MR) is 106 cm³/mol. The predicted octanol–water partition coefficient (Wildman–Crippen LogP) is 6.77. The molecule has 0 aliphatic heterocycles. The van der Waals surface area contributed by atoms with E-state index < -0.39 is 0 Å². The van der Waals surface area contributed by atoms with E-state index in [9.17, 15) is 8.78 Å². The van der Waals surface area contributed by atoms with Gasteiger partial charge in [0.2, 0.25) is 0 Å². The molecule has 0 fully saturated rings. The van der Waals surface area contributed by atoms with Gasteiger partial charge < -0.3 is 0 Å². The summed E-state index contributed by atoms with van der Waals surface area (Å²) < 4.78 is 29.1. The largest absolute Gasteiger partial charge is 0.243 e. The first-order valence-corrected chi connectivity index (χ1v) is 9.29. The van der Waals surface area contributed by atoms with E-state index in [1.165, 1.54) is 24.3 Å². The minimum atomic E-state index is -0.372. The lowest BCUT2D eigenvalue weighted by atomic mass is 10.0. The summed E-state index contributed by atoms with van der Waals surface area (Å²) in [4.78, 5) is 9.45. The van der Waals surface area contributed by atoms with Gasteiger partial charge in [0.05, 0.1) is 11.4 Å². The maximum atomic E-state index is 13.8. The van der Waals surface area contributed by atoms with E-state index in [4.69, 9.17) is 9.97 Å². The van der Waals surface area contributed by atoms with Gasteiger partial charge in [0.1, 0.15) is 22.7 Å². The zero-order chi connectivity index (χ0) is 18.3. The van der Waals surface area contributed by atoms with Gasteiger partial charge in [-0.2, -0.15) is 0 Å². The number of nitrogens with zero attached hydrogens (tertiary/aromatic N) is 2. The lowest BCUT2D eigenvalue weighted by Crippen LogP contribution is -1.97. The van der Waals surface area contributed by atoms with E-state index in [-0.39, 0.29) is 11.6 Å². The Morgan fingerprint density at radius 3 is 1.42 bits per heavy atom. The highest BCUT2D eigenvalue weighted by molar-refractivity contribution is 9.11. The highest BCUT2D eigenvalue weighted by Gasteiger charge is 2.17. The van der Waals surface area contributed by atoms with Crippen LogP contribution in [0.4, 0.5) is 8.78 Å². The second-order valence-corrected chi connectivity index (χ2v) is 7.38. The van der Waals surface area contributed by atoms with Crippen molar-refractivity contribution in [3.63, 3.8) is 0 Å². The Hall–Kier alpha value is -2.18. The van der Waals surface area contributed by atoms with E-state index in [2.05, 4.69) is 31.9 Å². The molecule has 26 heavy (non-hydrogen) atoms. The Morgan fingerprint density at radius 1 is 0.615 bits per heavy atom. The fourth-order valence-corrected chi connectivity index (χ4v) is 3.56. The summed E-state index contributed by atoms with van der Waals surface area (Å²) in [6.45, 7) is 0. The smallest absolute Gasteiger partial charge is 0.123 e. The molecule has 4 rings (SSSR count). The molecule has 1 aromatic heterocycles. The van der Waals surface area contributed by atoms with Crippen molar-refractivity contribution in [1.29, 1.82) is 0 Å². The molecule has 128 valence electrons. The Balaban J connectivity index is 2.10. The molecule has 0 saturated heterocycles. The number of rotatable bonds is 2. The summed E-state index contributed by atoms with van der Waals surface area (Å²) in [5, 5.41) is 0. The lowest BCUT2D eigenvalue weighted by Gasteiger charge is -2.12. The molecule has 0 amide bonds. The van der Waals surface area contributed by atoms with Crippen molar-refractivity contribution in [3.05, 3.63) is 81.2 Å². The standard InChI is InChI=1S/C20H10Br2F2N2/c21-15-7-8-16(22)20-19(15)25-17(11-3-1-5-13(23)9-11)18(26-20)12-4-2-6-14(24)10-12/h1-10H. The minimum absolute atomic E-state index is 0.372. The Kier molecular flexibility index (Phi) is 4.54. The first kappa shape index (κ1) is 17.2. The minimum Gasteiger partial charge on any atom is -0.243 e. The van der Waals surface area contributed by atoms with Crippen molar-refractivity contribution in [2.75, 3.05) is 0 Å². The molecule has 0 unspecified atom stereocenters. The molecule has 0 aliphatic rings. The van der Waals surface area contributed by atoms with Gasteiger partial charge in [-0.15, -0.1) is 0 Å². The van der Waals surface area contributed by atoms with Crippen LogP contribution in [0.3, 0.4) is 0 Å². The number of halogens is 4. The van der Waals surface area contributed by atoms with Crippen molar-refractivity contribution >= 4 is 42.9 Å². The Bertz CT molecular complexity index is 1060. The molecule has 0 bridgehead atoms. The van der Waals surface area contributed by atoms with Crippen molar-refractivity contribution in [2.24, 2.45) is 0 Å². The summed E-state index contributed by atoms with van der Waals surface area (Å²) in [5.74, 6) is -0.745. The van der Waals surface area contributed by atoms with E-state index in [1.54, 1.807) is 24.3 Å². The van der Waals surface area contributed by atoms with E-state index >= 15 is 0 Å². The maximum Gasteiger partial charge on any atom is 0.123 e. The number of hydrogen-bond acceptors (Lipinski definition) is 2. The quantitative estimate of drug-likeness (QED) is 0.319. The normalized spacial score (nSPS) is 11.1. The number of aromatic nitrogens is 2. The monoisotopic (exact) mass is 474 g/mol. The Labute approximate surface area is 165 Å². The highest BCUT2D eigenvalue weighted by Crippen LogP contribution is 2.35. The average Bonchev–Trinajstić information content (AvgIpc) is 2.64. The van der Waals surface area contributed by atoms with Gasteiger partial charge in [-0.05, 0) is 68.3 Å². The molecule has 0 spiro atoms. The van der Waals surface area contributed by atoms with Gasteiger partial charge in [-0.25, -0.2) is 18.7 Å². The molecule has 0 saturated carbocycles. The van der Waals surface area contributed by atoms with Gasteiger partial charge in [0.15, 0.2) is 0 Å². The first-order valence-electron chi connectivity index (χ1n) is 7.70. The third-order valence-electron chi connectivity index (χ3n) is 3.92. The van der Waals surface area contributed by atoms with Gasteiger partial charge >= 0.3 is 0 Å². The number of fused-ring (bicyclic) bond motifs is 1. The molecule has 2 nitrogen and oxygen atoms in total. The SMILES string of the molecule is Fc1cccc(-c2nc3c(Br)ccc(Br)c3nc2-c2cccc(F)c2)c1. The van der Waals surface area contributed by atoms with Crippen LogP contribution in [-0.4, -0.2) is 9.97 Å². The lowest BCUT2D eigenvalue weighted by molar-refractivity contribution is 0.627. The fourth-order valence-electron chi connectivity index (χ4n) is 2.75. The average molecular weight is 476 g/mol. The van der Waals surface area contributed by atoms with Crippen LogP contribution < -0.4 is 0 Å². The first-order chi connectivity index (χ1) is 12.5. The van der Waals surface area contributed by atoms with Gasteiger partial charge in [0, 0.05) is 20.1 Å². The van der Waals surface area contributed by atoms with Crippen molar-refractivity contribution in [3.8, 4) is 22.5 Å². The van der Waals surface area contributed by atoms with Gasteiger partial charge in [-0.3, -0.25) is 0 Å². The van der Waals surface area contributed by atoms with Crippen LogP contribution in [0.15, 0.2) is 69.6 Å². The fraction of sp³-hybridized carbons (Fsp3) is 0. The van der Waals surface area contributed by atoms with Crippen LogP contribution in [0.2, 0.25) is 0 Å². The summed E-state index contributed by atoms with van der Waals surface area (Å²) >= 11 is 6.97. The van der Waals surface area contributed by atoms with Gasteiger partial charge in [0.25, 0.3) is 0 Å². The molecule has 3 aromatic carbocycles. The third-order valence-corrected chi connectivity index (χ3v) is 5.20. The molecular weight excluding hydrogens is 466 g/mol. The van der Waals surface area contributed by atoms with Crippen LogP contribution in [0.1, 0.15) is 0 Å². The second-order valence-electron chi connectivity index (χ2n) is 5.67. The topological polar surface area (TPSA) is 25.8 Å². The molecule has 4 aromatic rings. The zero-order valence-electron chi connectivity index (χ0n) is 13.2. The summed E-state index contributed by atoms with van der Waals surface area (Å²) in [7, 11) is 0. The highest BCUT2D eigenvalue weighted by atomic mass is 79.9. The van der Waals surface area contributed by atoms with Gasteiger partial charge in [-0.1, -0.05) is 24.3 Å². The summed E-state index contributed by atoms with van der Waals surface area (Å²) in [6.07, 6.45) is 0. The van der Waals surface area contributed by atoms with Crippen LogP contribution in [0.25, 0.3) is 33.5 Å². The van der Waals surface area contributed by atoms with E-state index in [1.807, 2.05) is 12.1 Å². The van der Waals surface area contributed by atoms with Crippen molar-refractivity contribution in [1.82, 2.24) is 9.97 Å². The summed E-state index contributed by atoms with van der Waals surface area (Å²) in [6, 6.07) is 16.0. The molecular formula is C20H10Br2F2N2. The van der Waals surface area contributed by atoms with Crippen molar-refractivity contribution < 1.29 is 8.78 Å². The number of hydrogen-bond donors (Lipinski definition) is 0. The Morgan fingerprint density at radius 2 is 1.04 bits per heavy atom. The van der Waals surface area contributed by atoms with Crippen LogP contribution in [0.5, 0.6) is 0 Å². The molecule has 6 heteroatoms. The van der Waals surface area contributed by atoms with E-state index in [0.29, 0.717) is 33.5 Å². The zero-order valence-corrected chi connectivity index (χ0v) is 16.4. The van der Waals surface area contributed by atoms with Crippen LogP contribution in [0, 0.1) is 11.6 Å². The second kappa shape index (κ2) is 6.85. The maximum absolute atomic E-state index is 13.8. The molecule has 0 aliphatic carbocycles. The van der Waals surface area contributed by atoms with E-state index in [0.717, 1.165) is 8.95 Å². The van der Waals surface area contributed by atoms with Crippen LogP contribution in [-0.2, 0) is 0 Å². The molecule has 0 radical (unpaired) electrons.